The second-order valence-electron chi connectivity index (χ2n) is 1.06. The molecule has 0 amide bonds. The maximum Gasteiger partial charge on any atom is 0.143 e. The Balaban J connectivity index is 2.92. The van der Waals surface area contributed by atoms with E-state index in [0.29, 0.717) is 13.2 Å². The zero-order valence-corrected chi connectivity index (χ0v) is 7.06. The summed E-state index contributed by atoms with van der Waals surface area (Å²) in [5.74, 6) is 0. The summed E-state index contributed by atoms with van der Waals surface area (Å²) < 4.78 is 9.29. The van der Waals surface area contributed by atoms with Gasteiger partial charge in [-0.3, -0.25) is 0 Å². The molecular weight excluding hydrogens is 180 g/mol. The summed E-state index contributed by atoms with van der Waals surface area (Å²) in [7, 11) is -0.814. The van der Waals surface area contributed by atoms with Crippen LogP contribution in [-0.2, 0) is 39.6 Å². The van der Waals surface area contributed by atoms with Gasteiger partial charge in [0, 0.05) is 6.61 Å². The van der Waals surface area contributed by atoms with Crippen molar-refractivity contribution in [1.29, 1.82) is 0 Å². The first-order chi connectivity index (χ1) is 4.27. The lowest BCUT2D eigenvalue weighted by atomic mass is 10.8. The number of rotatable bonds is 5. The number of aliphatic hydroxyl groups is 1. The average molecular weight is 187 g/mol. The topological polar surface area (TPSA) is 38.7 Å². The summed E-state index contributed by atoms with van der Waals surface area (Å²) in [5.41, 5.74) is 0. The van der Waals surface area contributed by atoms with Gasteiger partial charge in [0.2, 0.25) is 0 Å². The minimum absolute atomic E-state index is 0.286. The van der Waals surface area contributed by atoms with E-state index in [1.165, 1.54) is 0 Å². The van der Waals surface area contributed by atoms with Crippen molar-refractivity contribution in [2.75, 3.05) is 20.0 Å². The van der Waals surface area contributed by atoms with Crippen molar-refractivity contribution in [3.63, 3.8) is 0 Å². The normalized spacial score (nSPS) is 10.4. The summed E-state index contributed by atoms with van der Waals surface area (Å²) in [5, 5.41) is 8.10. The molecule has 0 bridgehead atoms. The van der Waals surface area contributed by atoms with Crippen molar-refractivity contribution in [3.05, 3.63) is 0 Å². The van der Waals surface area contributed by atoms with E-state index in [1.54, 1.807) is 0 Å². The lowest BCUT2D eigenvalue weighted by molar-refractivity contribution is -0.0106. The molecule has 0 aromatic rings. The van der Waals surface area contributed by atoms with Gasteiger partial charge >= 0.3 is 0 Å². The van der Waals surface area contributed by atoms with E-state index in [4.69, 9.17) is 9.29 Å². The Morgan fingerprint density at radius 1 is 1.33 bits per heavy atom. The monoisotopic (exact) mass is 187 g/mol. The van der Waals surface area contributed by atoms with E-state index in [1.807, 2.05) is 0 Å². The first kappa shape index (κ1) is 9.67. The van der Waals surface area contributed by atoms with Gasteiger partial charge in [0.1, 0.15) is 6.79 Å². The fraction of sp³-hybridized carbons (Fsp3) is 1.00. The average Bonchev–Trinajstić information content (AvgIpc) is 1.80. The molecule has 0 aliphatic carbocycles. The Hall–Kier alpha value is 0.670. The summed E-state index contributed by atoms with van der Waals surface area (Å²) in [6.07, 6.45) is 0. The molecule has 1 N–H and O–H groups in total. The molecule has 0 aliphatic heterocycles. The molecule has 0 heterocycles. The van der Waals surface area contributed by atoms with Crippen molar-refractivity contribution < 1.29 is 14.0 Å². The van der Waals surface area contributed by atoms with E-state index >= 15 is 0 Å². The molecule has 0 rings (SSSR count). The molecule has 9 heavy (non-hydrogen) atoms. The highest BCUT2D eigenvalue weighted by molar-refractivity contribution is 8.44. The van der Waals surface area contributed by atoms with Crippen LogP contribution >= 0.6 is 0 Å². The second kappa shape index (κ2) is 6.79. The minimum Gasteiger partial charge on any atom is -0.464 e. The summed E-state index contributed by atoms with van der Waals surface area (Å²) >= 11 is 9.06. The molecule has 3 nitrogen and oxygen atoms in total. The molecule has 0 radical (unpaired) electrons. The van der Waals surface area contributed by atoms with Crippen molar-refractivity contribution >= 4 is 30.7 Å². The molecule has 0 unspecified atom stereocenters. The first-order valence-electron chi connectivity index (χ1n) is 2.18. The molecule has 0 aromatic heterocycles. The predicted octanol–water partition coefficient (Wildman–Crippen LogP) is -0.573. The van der Waals surface area contributed by atoms with Crippen LogP contribution < -0.4 is 0 Å². The molecule has 0 spiro atoms. The molecule has 6 heteroatoms. The molecule has 0 atom stereocenters. The Kier molecular flexibility index (Phi) is 7.29. The van der Waals surface area contributed by atoms with Gasteiger partial charge in [0.05, 0.1) is 6.61 Å². The van der Waals surface area contributed by atoms with Crippen molar-refractivity contribution in [3.8, 4) is 0 Å². The van der Waals surface area contributed by atoms with Crippen LogP contribution in [0.5, 0.6) is 0 Å². The maximum absolute atomic E-state index is 8.10. The van der Waals surface area contributed by atoms with E-state index in [-0.39, 0.29) is 6.79 Å². The number of aliphatic hydroxyl groups excluding tert-OH is 1. The van der Waals surface area contributed by atoms with E-state index in [2.05, 4.69) is 27.1 Å². The third-order valence-electron chi connectivity index (χ3n) is 0.499. The standard InChI is InChI=1S/C3H7O3S3/c4-3-5-1-2-6-9(7)8/h4H,1-3H2/q-1. The molecule has 0 saturated heterocycles. The maximum atomic E-state index is 8.10. The van der Waals surface area contributed by atoms with Crippen LogP contribution in [0.15, 0.2) is 0 Å². The molecule has 56 valence electrons. The highest BCUT2D eigenvalue weighted by Crippen LogP contribution is 1.76. The molecule has 0 saturated carbocycles. The third-order valence-corrected chi connectivity index (χ3v) is 1.43. The van der Waals surface area contributed by atoms with Crippen LogP contribution in [0.25, 0.3) is 0 Å². The Morgan fingerprint density at radius 3 is 2.44 bits per heavy atom. The quantitative estimate of drug-likeness (QED) is 0.354. The smallest absolute Gasteiger partial charge is 0.143 e. The van der Waals surface area contributed by atoms with Gasteiger partial charge in [-0.2, -0.15) is 0 Å². The fourth-order valence-electron chi connectivity index (χ4n) is 0.226. The highest BCUT2D eigenvalue weighted by atomic mass is 33.1. The fourth-order valence-corrected chi connectivity index (χ4v) is 0.838. The number of ether oxygens (including phenoxy) is 1. The van der Waals surface area contributed by atoms with E-state index < -0.39 is 8.29 Å². The van der Waals surface area contributed by atoms with Crippen LogP contribution in [0.1, 0.15) is 0 Å². The molecule has 0 aliphatic rings. The third kappa shape index (κ3) is 8.67. The minimum atomic E-state index is -0.814. The van der Waals surface area contributed by atoms with Crippen LogP contribution in [0.2, 0.25) is 0 Å². The lowest BCUT2D eigenvalue weighted by Gasteiger charge is -2.05. The van der Waals surface area contributed by atoms with Crippen LogP contribution in [0.4, 0.5) is 0 Å². The lowest BCUT2D eigenvalue weighted by Crippen LogP contribution is -2.02. The van der Waals surface area contributed by atoms with E-state index in [9.17, 15) is 0 Å². The Morgan fingerprint density at radius 2 is 2.00 bits per heavy atom. The summed E-state index contributed by atoms with van der Waals surface area (Å²) in [6, 6.07) is 0. The first-order valence-corrected chi connectivity index (χ1v) is 5.18. The van der Waals surface area contributed by atoms with Crippen molar-refractivity contribution in [2.45, 2.75) is 0 Å². The van der Waals surface area contributed by atoms with Crippen molar-refractivity contribution in [1.82, 2.24) is 0 Å². The van der Waals surface area contributed by atoms with Crippen molar-refractivity contribution in [2.24, 2.45) is 0 Å². The van der Waals surface area contributed by atoms with Gasteiger partial charge < -0.3 is 14.0 Å². The Labute approximate surface area is 65.0 Å². The number of hydrogen-bond acceptors (Lipinski definition) is 6. The Bertz CT molecular complexity index is 113. The van der Waals surface area contributed by atoms with Gasteiger partial charge in [-0.05, 0) is 0 Å². The van der Waals surface area contributed by atoms with Gasteiger partial charge in [-0.1, -0.05) is 0 Å². The highest BCUT2D eigenvalue weighted by Gasteiger charge is 1.78. The molecule has 0 fully saturated rings. The summed E-state index contributed by atoms with van der Waals surface area (Å²) in [4.78, 5) is 0. The van der Waals surface area contributed by atoms with Gasteiger partial charge in [-0.15, -0.1) is 0 Å². The van der Waals surface area contributed by atoms with Crippen LogP contribution in [0.3, 0.4) is 0 Å². The second-order valence-corrected chi connectivity index (χ2v) is 4.16. The number of hydrogen-bond donors (Lipinski definition) is 1. The zero-order chi connectivity index (χ0) is 7.11. The zero-order valence-electron chi connectivity index (χ0n) is 4.61. The van der Waals surface area contributed by atoms with Gasteiger partial charge in [0.15, 0.2) is 0 Å². The van der Waals surface area contributed by atoms with E-state index in [0.717, 1.165) is 0 Å². The molecular formula is C3H7O3S3-. The molecule has 0 aromatic carbocycles. The largest absolute Gasteiger partial charge is 0.464 e. The predicted molar refractivity (Wildman–Crippen MR) is 41.1 cm³/mol. The van der Waals surface area contributed by atoms with Crippen LogP contribution in [-0.4, -0.2) is 25.1 Å². The van der Waals surface area contributed by atoms with Crippen LogP contribution in [0, 0.1) is 0 Å². The van der Waals surface area contributed by atoms with Gasteiger partial charge in [0.25, 0.3) is 0 Å². The van der Waals surface area contributed by atoms with Gasteiger partial charge in [-0.25, -0.2) is 30.7 Å². The summed E-state index contributed by atoms with van der Waals surface area (Å²) in [6.45, 7) is 0.413. The SMILES string of the molecule is OCOCCO[S-](=S)=S.